The van der Waals surface area contributed by atoms with Crippen LogP contribution in [0.15, 0.2) is 4.99 Å². The highest BCUT2D eigenvalue weighted by molar-refractivity contribution is 5.82. The van der Waals surface area contributed by atoms with Crippen molar-refractivity contribution in [2.24, 2.45) is 16.3 Å². The van der Waals surface area contributed by atoms with E-state index in [0.29, 0.717) is 24.5 Å². The Hall–Kier alpha value is -1.30. The number of hydrogen-bond acceptors (Lipinski definition) is 3. The fourth-order valence-corrected chi connectivity index (χ4v) is 4.46. The van der Waals surface area contributed by atoms with E-state index in [0.717, 1.165) is 58.1 Å². The molecule has 0 aromatic rings. The Bertz CT molecular complexity index is 488. The van der Waals surface area contributed by atoms with E-state index in [2.05, 4.69) is 24.1 Å². The maximum Gasteiger partial charge on any atom is 0.225 e. The van der Waals surface area contributed by atoms with Crippen LogP contribution in [0.25, 0.3) is 0 Å². The van der Waals surface area contributed by atoms with Crippen molar-refractivity contribution < 1.29 is 9.53 Å². The molecule has 2 saturated heterocycles. The minimum Gasteiger partial charge on any atom is -0.378 e. The number of carbonyl (C=O) groups excluding carboxylic acids is 1. The number of likely N-dealkylation sites (tertiary alicyclic amines) is 1. The topological polar surface area (TPSA) is 57.2 Å². The van der Waals surface area contributed by atoms with Crippen LogP contribution in [0.3, 0.4) is 0 Å². The largest absolute Gasteiger partial charge is 0.378 e. The van der Waals surface area contributed by atoms with Crippen LogP contribution < -0.4 is 5.32 Å². The third-order valence-corrected chi connectivity index (χ3v) is 6.22. The number of rotatable bonds is 4. The second kappa shape index (κ2) is 9.07. The summed E-state index contributed by atoms with van der Waals surface area (Å²) in [7, 11) is 0. The molecule has 0 atom stereocenters. The van der Waals surface area contributed by atoms with Crippen LogP contribution in [0, 0.1) is 11.3 Å². The maximum absolute atomic E-state index is 12.7. The van der Waals surface area contributed by atoms with Crippen molar-refractivity contribution in [3.63, 3.8) is 0 Å². The quantitative estimate of drug-likeness (QED) is 0.613. The molecule has 26 heavy (non-hydrogen) atoms. The van der Waals surface area contributed by atoms with Gasteiger partial charge in [0, 0.05) is 45.2 Å². The SMILES string of the molecule is CCNC(=NCC1(C)CCCC1)N1CCC(C(=O)N2CCOCC2)CC1. The lowest BCUT2D eigenvalue weighted by Gasteiger charge is -2.37. The molecule has 3 fully saturated rings. The van der Waals surface area contributed by atoms with Gasteiger partial charge in [-0.05, 0) is 38.0 Å². The predicted molar refractivity (Wildman–Crippen MR) is 104 cm³/mol. The summed E-state index contributed by atoms with van der Waals surface area (Å²) < 4.78 is 5.36. The molecule has 0 spiro atoms. The zero-order valence-electron chi connectivity index (χ0n) is 16.6. The van der Waals surface area contributed by atoms with Gasteiger partial charge in [-0.3, -0.25) is 9.79 Å². The first kappa shape index (κ1) is 19.5. The van der Waals surface area contributed by atoms with E-state index in [1.54, 1.807) is 0 Å². The second-order valence-electron chi connectivity index (χ2n) is 8.39. The first-order valence-electron chi connectivity index (χ1n) is 10.5. The molecule has 6 nitrogen and oxygen atoms in total. The highest BCUT2D eigenvalue weighted by Gasteiger charge is 2.31. The van der Waals surface area contributed by atoms with Gasteiger partial charge in [0.05, 0.1) is 13.2 Å². The van der Waals surface area contributed by atoms with E-state index in [1.807, 2.05) is 4.90 Å². The fourth-order valence-electron chi connectivity index (χ4n) is 4.46. The Morgan fingerprint density at radius 2 is 1.77 bits per heavy atom. The number of amides is 1. The van der Waals surface area contributed by atoms with Crippen LogP contribution in [-0.4, -0.2) is 74.1 Å². The van der Waals surface area contributed by atoms with Crippen LogP contribution in [-0.2, 0) is 9.53 Å². The third kappa shape index (κ3) is 4.90. The summed E-state index contributed by atoms with van der Waals surface area (Å²) in [4.78, 5) is 22.0. The Balaban J connectivity index is 1.53. The molecule has 1 amide bonds. The molecule has 148 valence electrons. The van der Waals surface area contributed by atoms with Gasteiger partial charge < -0.3 is 19.9 Å². The zero-order chi connectivity index (χ0) is 18.4. The Kier molecular flexibility index (Phi) is 6.79. The van der Waals surface area contributed by atoms with Crippen LogP contribution in [0.5, 0.6) is 0 Å². The van der Waals surface area contributed by atoms with Gasteiger partial charge in [0.2, 0.25) is 5.91 Å². The summed E-state index contributed by atoms with van der Waals surface area (Å²) >= 11 is 0. The summed E-state index contributed by atoms with van der Waals surface area (Å²) in [5.41, 5.74) is 0.380. The Morgan fingerprint density at radius 1 is 1.12 bits per heavy atom. The summed E-state index contributed by atoms with van der Waals surface area (Å²) in [6, 6.07) is 0. The number of aliphatic imine (C=N–C) groups is 1. The molecule has 0 bridgehead atoms. The minimum atomic E-state index is 0.166. The van der Waals surface area contributed by atoms with Gasteiger partial charge in [0.15, 0.2) is 5.96 Å². The lowest BCUT2D eigenvalue weighted by Crippen LogP contribution is -2.50. The van der Waals surface area contributed by atoms with Crippen LogP contribution in [0.2, 0.25) is 0 Å². The van der Waals surface area contributed by atoms with E-state index in [-0.39, 0.29) is 5.92 Å². The standard InChI is InChI=1S/C20H36N4O2/c1-3-21-19(22-16-20(2)8-4-5-9-20)24-10-6-17(7-11-24)18(25)23-12-14-26-15-13-23/h17H,3-16H2,1-2H3,(H,21,22). The van der Waals surface area contributed by atoms with Gasteiger partial charge in [-0.2, -0.15) is 0 Å². The van der Waals surface area contributed by atoms with Gasteiger partial charge in [-0.25, -0.2) is 0 Å². The van der Waals surface area contributed by atoms with Crippen LogP contribution in [0.1, 0.15) is 52.4 Å². The lowest BCUT2D eigenvalue weighted by molar-refractivity contribution is -0.140. The van der Waals surface area contributed by atoms with E-state index >= 15 is 0 Å². The van der Waals surface area contributed by atoms with Crippen LogP contribution >= 0.6 is 0 Å². The molecule has 0 aromatic carbocycles. The van der Waals surface area contributed by atoms with Crippen molar-refractivity contribution >= 4 is 11.9 Å². The number of hydrogen-bond donors (Lipinski definition) is 1. The number of carbonyl (C=O) groups is 1. The van der Waals surface area contributed by atoms with Gasteiger partial charge in [0.1, 0.15) is 0 Å². The number of nitrogens with zero attached hydrogens (tertiary/aromatic N) is 3. The van der Waals surface area contributed by atoms with Crippen molar-refractivity contribution in [2.45, 2.75) is 52.4 Å². The monoisotopic (exact) mass is 364 g/mol. The van der Waals surface area contributed by atoms with E-state index in [1.165, 1.54) is 25.7 Å². The van der Waals surface area contributed by atoms with Crippen molar-refractivity contribution in [2.75, 3.05) is 52.5 Å². The molecule has 6 heteroatoms. The molecule has 2 aliphatic heterocycles. The highest BCUT2D eigenvalue weighted by Crippen LogP contribution is 2.37. The Labute approximate surface area is 158 Å². The Morgan fingerprint density at radius 3 is 2.38 bits per heavy atom. The summed E-state index contributed by atoms with van der Waals surface area (Å²) in [5.74, 6) is 1.53. The predicted octanol–water partition coefficient (Wildman–Crippen LogP) is 2.10. The number of nitrogens with one attached hydrogen (secondary N) is 1. The molecule has 1 N–H and O–H groups in total. The number of piperidine rings is 1. The first-order valence-corrected chi connectivity index (χ1v) is 10.5. The molecular formula is C20H36N4O2. The zero-order valence-corrected chi connectivity index (χ0v) is 16.6. The molecule has 0 aromatic heterocycles. The second-order valence-corrected chi connectivity index (χ2v) is 8.39. The average molecular weight is 365 g/mol. The maximum atomic E-state index is 12.7. The smallest absolute Gasteiger partial charge is 0.225 e. The number of guanidine groups is 1. The summed E-state index contributed by atoms with van der Waals surface area (Å²) in [6.45, 7) is 11.0. The average Bonchev–Trinajstić information content (AvgIpc) is 3.12. The van der Waals surface area contributed by atoms with Crippen molar-refractivity contribution in [1.29, 1.82) is 0 Å². The summed E-state index contributed by atoms with van der Waals surface area (Å²) in [6.07, 6.45) is 7.14. The van der Waals surface area contributed by atoms with Gasteiger partial charge in [-0.15, -0.1) is 0 Å². The number of morpholine rings is 1. The highest BCUT2D eigenvalue weighted by atomic mass is 16.5. The molecule has 0 radical (unpaired) electrons. The molecule has 1 aliphatic carbocycles. The van der Waals surface area contributed by atoms with E-state index in [9.17, 15) is 4.79 Å². The number of ether oxygens (including phenoxy) is 1. The third-order valence-electron chi connectivity index (χ3n) is 6.22. The lowest BCUT2D eigenvalue weighted by atomic mass is 9.89. The molecule has 0 unspecified atom stereocenters. The van der Waals surface area contributed by atoms with Gasteiger partial charge in [0.25, 0.3) is 0 Å². The molecule has 3 aliphatic rings. The van der Waals surface area contributed by atoms with E-state index < -0.39 is 0 Å². The molecular weight excluding hydrogens is 328 g/mol. The molecule has 2 heterocycles. The normalized spacial score (nSPS) is 24.8. The van der Waals surface area contributed by atoms with Crippen LogP contribution in [0.4, 0.5) is 0 Å². The molecule has 1 saturated carbocycles. The summed E-state index contributed by atoms with van der Waals surface area (Å²) in [5, 5.41) is 3.46. The van der Waals surface area contributed by atoms with Crippen molar-refractivity contribution in [1.82, 2.24) is 15.1 Å². The van der Waals surface area contributed by atoms with Crippen molar-refractivity contribution in [3.8, 4) is 0 Å². The van der Waals surface area contributed by atoms with E-state index in [4.69, 9.17) is 9.73 Å². The minimum absolute atomic E-state index is 0.166. The van der Waals surface area contributed by atoms with Crippen molar-refractivity contribution in [3.05, 3.63) is 0 Å². The van der Waals surface area contributed by atoms with Gasteiger partial charge in [-0.1, -0.05) is 19.8 Å². The first-order chi connectivity index (χ1) is 12.6. The molecule has 3 rings (SSSR count). The van der Waals surface area contributed by atoms with Gasteiger partial charge >= 0.3 is 0 Å². The fraction of sp³-hybridized carbons (Fsp3) is 0.900.